The Morgan fingerprint density at radius 2 is 1.92 bits per heavy atom. The molecule has 0 radical (unpaired) electrons. The fourth-order valence-electron chi connectivity index (χ4n) is 5.51. The van der Waals surface area contributed by atoms with Crippen LogP contribution >= 0.6 is 0 Å². The van der Waals surface area contributed by atoms with Crippen LogP contribution in [-0.4, -0.2) is 56.9 Å². The molecule has 11 heteroatoms. The minimum atomic E-state index is -0.816. The molecule has 4 heterocycles. The van der Waals surface area contributed by atoms with Gasteiger partial charge in [0.05, 0.1) is 35.7 Å². The molecule has 0 bridgehead atoms. The van der Waals surface area contributed by atoms with Crippen LogP contribution in [0.25, 0.3) is 22.0 Å². The van der Waals surface area contributed by atoms with Gasteiger partial charge in [0.25, 0.3) is 0 Å². The van der Waals surface area contributed by atoms with Gasteiger partial charge < -0.3 is 19.4 Å². The van der Waals surface area contributed by atoms with E-state index in [9.17, 15) is 9.90 Å². The van der Waals surface area contributed by atoms with E-state index in [-0.39, 0.29) is 35.9 Å². The number of β-amino-alcohol motifs (C(OH)–C–C–N with tert-alkyl or cyclic N) is 1. The zero-order valence-corrected chi connectivity index (χ0v) is 21.5. The summed E-state index contributed by atoms with van der Waals surface area (Å²) in [4.78, 5) is 28.8. The van der Waals surface area contributed by atoms with E-state index < -0.39 is 17.7 Å². The number of aryl methyl sites for hydroxylation is 1. The fourth-order valence-corrected chi connectivity index (χ4v) is 5.51. The van der Waals surface area contributed by atoms with Gasteiger partial charge in [-0.25, -0.2) is 18.7 Å². The zero-order valence-electron chi connectivity index (χ0n) is 21.5. The van der Waals surface area contributed by atoms with Gasteiger partial charge in [0.15, 0.2) is 5.82 Å². The number of carbonyl (C=O) groups excluding carboxylic acids is 1. The number of halogens is 2. The van der Waals surface area contributed by atoms with E-state index in [2.05, 4.69) is 27.0 Å². The van der Waals surface area contributed by atoms with Crippen molar-refractivity contribution < 1.29 is 23.2 Å². The van der Waals surface area contributed by atoms with Crippen LogP contribution in [0.1, 0.15) is 50.2 Å². The molecule has 1 N–H and O–H groups in total. The number of anilines is 2. The first-order chi connectivity index (χ1) is 18.9. The number of piperidine rings is 1. The second-order valence-corrected chi connectivity index (χ2v) is 10.1. The molecule has 2 fully saturated rings. The quantitative estimate of drug-likeness (QED) is 0.388. The molecule has 2 saturated heterocycles. The molecular weight excluding hydrogens is 506 g/mol. The summed E-state index contributed by atoms with van der Waals surface area (Å²) in [6, 6.07) is 7.41. The average molecular weight is 535 g/mol. The third-order valence-corrected chi connectivity index (χ3v) is 7.48. The molecule has 39 heavy (non-hydrogen) atoms. The molecule has 2 aromatic carbocycles. The van der Waals surface area contributed by atoms with Gasteiger partial charge in [0.1, 0.15) is 23.8 Å². The number of aliphatic hydroxyl groups excluding tert-OH is 1. The first-order valence-corrected chi connectivity index (χ1v) is 13.2. The second kappa shape index (κ2) is 10.3. The third kappa shape index (κ3) is 4.71. The molecule has 202 valence electrons. The molecule has 1 unspecified atom stereocenters. The highest BCUT2D eigenvalue weighted by molar-refractivity contribution is 6.00. The Kier molecular flexibility index (Phi) is 6.68. The maximum absolute atomic E-state index is 15.3. The van der Waals surface area contributed by atoms with Crippen LogP contribution in [0.2, 0.25) is 0 Å². The predicted octanol–water partition coefficient (Wildman–Crippen LogP) is 4.39. The number of amides is 1. The molecule has 2 aliphatic rings. The van der Waals surface area contributed by atoms with E-state index in [1.165, 1.54) is 29.4 Å². The van der Waals surface area contributed by atoms with Crippen LogP contribution in [-0.2, 0) is 11.2 Å². The first-order valence-electron chi connectivity index (χ1n) is 13.2. The lowest BCUT2D eigenvalue weighted by atomic mass is 9.95. The molecule has 0 aliphatic carbocycles. The molecule has 9 nitrogen and oxygen atoms in total. The first kappa shape index (κ1) is 25.3. The van der Waals surface area contributed by atoms with Gasteiger partial charge in [-0.2, -0.15) is 4.98 Å². The van der Waals surface area contributed by atoms with Crippen molar-refractivity contribution >= 4 is 28.3 Å². The Morgan fingerprint density at radius 3 is 2.64 bits per heavy atom. The summed E-state index contributed by atoms with van der Waals surface area (Å²) < 4.78 is 35.8. The number of fused-ring (bicyclic) bond motifs is 1. The number of rotatable bonds is 6. The Morgan fingerprint density at radius 1 is 1.10 bits per heavy atom. The van der Waals surface area contributed by atoms with Crippen molar-refractivity contribution in [1.29, 1.82) is 0 Å². The van der Waals surface area contributed by atoms with Crippen molar-refractivity contribution in [2.24, 2.45) is 0 Å². The number of benzene rings is 2. The molecule has 4 aromatic rings. The van der Waals surface area contributed by atoms with Crippen molar-refractivity contribution in [1.82, 2.24) is 20.1 Å². The van der Waals surface area contributed by atoms with Gasteiger partial charge >= 0.3 is 0 Å². The van der Waals surface area contributed by atoms with E-state index in [1.807, 2.05) is 4.90 Å². The molecule has 0 saturated carbocycles. The van der Waals surface area contributed by atoms with Gasteiger partial charge in [-0.1, -0.05) is 18.1 Å². The molecule has 0 spiro atoms. The lowest BCUT2D eigenvalue weighted by molar-refractivity contribution is -0.117. The highest BCUT2D eigenvalue weighted by atomic mass is 19.1. The zero-order chi connectivity index (χ0) is 27.1. The number of hydrogen-bond acceptors (Lipinski definition) is 8. The highest BCUT2D eigenvalue weighted by Crippen LogP contribution is 2.37. The van der Waals surface area contributed by atoms with Crippen LogP contribution in [0.15, 0.2) is 41.2 Å². The van der Waals surface area contributed by atoms with Crippen LogP contribution < -0.4 is 9.80 Å². The van der Waals surface area contributed by atoms with Crippen LogP contribution in [0.5, 0.6) is 0 Å². The minimum absolute atomic E-state index is 0.0320. The number of hydrogen-bond donors (Lipinski definition) is 1. The van der Waals surface area contributed by atoms with Crippen molar-refractivity contribution in [2.45, 2.75) is 51.0 Å². The fraction of sp³-hybridized carbons (Fsp3) is 0.393. The van der Waals surface area contributed by atoms with Crippen LogP contribution in [0.4, 0.5) is 20.3 Å². The summed E-state index contributed by atoms with van der Waals surface area (Å²) in [5.74, 6) is 0.633. The monoisotopic (exact) mass is 534 g/mol. The van der Waals surface area contributed by atoms with E-state index >= 15 is 8.78 Å². The van der Waals surface area contributed by atoms with Crippen molar-refractivity contribution in [3.63, 3.8) is 0 Å². The molecule has 2 aromatic heterocycles. The van der Waals surface area contributed by atoms with Crippen LogP contribution in [0.3, 0.4) is 0 Å². The number of nitrogens with zero attached hydrogens (tertiary/aromatic N) is 6. The summed E-state index contributed by atoms with van der Waals surface area (Å²) in [5, 5.41) is 14.2. The predicted molar refractivity (Wildman–Crippen MR) is 140 cm³/mol. The molecule has 1 atom stereocenters. The topological polar surface area (TPSA) is 108 Å². The normalized spacial score (nSPS) is 18.5. The Labute approximate surface area is 223 Å². The molecular formula is C28H28F2N6O3. The average Bonchev–Trinajstić information content (AvgIpc) is 3.54. The molecule has 1 amide bonds. The van der Waals surface area contributed by atoms with Gasteiger partial charge in [0.2, 0.25) is 11.8 Å². The van der Waals surface area contributed by atoms with Crippen LogP contribution in [0, 0.1) is 11.6 Å². The van der Waals surface area contributed by atoms with E-state index in [0.29, 0.717) is 41.4 Å². The summed E-state index contributed by atoms with van der Waals surface area (Å²) in [6.45, 7) is 3.38. The number of aromatic nitrogens is 4. The van der Waals surface area contributed by atoms with E-state index in [1.54, 1.807) is 12.1 Å². The standard InChI is InChI=1S/C28H28F2N6O3/c1-2-3-23-33-27(34-39-23)16-8-10-35(11-9-16)28-25-20(29)6-5-19(26(25)31-15-32-28)17-4-7-22(21(30)12-17)36-14-18(37)13-24(36)38/h4-7,12,15-16,18,37H,2-3,8-11,13-14H2,1H3. The van der Waals surface area contributed by atoms with Gasteiger partial charge in [0, 0.05) is 31.0 Å². The number of aliphatic hydroxyl groups is 1. The Balaban J connectivity index is 1.28. The Hall–Kier alpha value is -3.99. The largest absolute Gasteiger partial charge is 0.391 e. The smallest absolute Gasteiger partial charge is 0.229 e. The van der Waals surface area contributed by atoms with Gasteiger partial charge in [-0.15, -0.1) is 0 Å². The van der Waals surface area contributed by atoms with Gasteiger partial charge in [-0.05, 0) is 49.1 Å². The summed E-state index contributed by atoms with van der Waals surface area (Å²) >= 11 is 0. The number of carbonyl (C=O) groups is 1. The van der Waals surface area contributed by atoms with E-state index in [0.717, 1.165) is 31.5 Å². The lowest BCUT2D eigenvalue weighted by Crippen LogP contribution is -2.34. The summed E-state index contributed by atoms with van der Waals surface area (Å²) in [6.07, 6.45) is 3.79. The van der Waals surface area contributed by atoms with Crippen molar-refractivity contribution in [3.05, 3.63) is 60.0 Å². The highest BCUT2D eigenvalue weighted by Gasteiger charge is 2.31. The maximum Gasteiger partial charge on any atom is 0.229 e. The molecule has 2 aliphatic heterocycles. The third-order valence-electron chi connectivity index (χ3n) is 7.48. The Bertz CT molecular complexity index is 1540. The minimum Gasteiger partial charge on any atom is -0.391 e. The summed E-state index contributed by atoms with van der Waals surface area (Å²) in [7, 11) is 0. The van der Waals surface area contributed by atoms with E-state index in [4.69, 9.17) is 4.52 Å². The van der Waals surface area contributed by atoms with Gasteiger partial charge in [-0.3, -0.25) is 4.79 Å². The SMILES string of the molecule is CCCc1nc(C2CCN(c3ncnc4c(-c5ccc(N6CC(O)CC6=O)c(F)c5)ccc(F)c34)CC2)no1. The van der Waals surface area contributed by atoms with Crippen molar-refractivity contribution in [2.75, 3.05) is 29.4 Å². The lowest BCUT2D eigenvalue weighted by Gasteiger charge is -2.32. The van der Waals surface area contributed by atoms with Crippen molar-refractivity contribution in [3.8, 4) is 11.1 Å². The molecule has 6 rings (SSSR count). The maximum atomic E-state index is 15.3. The second-order valence-electron chi connectivity index (χ2n) is 10.1. The summed E-state index contributed by atoms with van der Waals surface area (Å²) in [5.41, 5.74) is 1.54.